The summed E-state index contributed by atoms with van der Waals surface area (Å²) in [5, 5.41) is 5.22. The van der Waals surface area contributed by atoms with Gasteiger partial charge in [0.2, 0.25) is 5.91 Å². The summed E-state index contributed by atoms with van der Waals surface area (Å²) in [7, 11) is 0. The zero-order valence-electron chi connectivity index (χ0n) is 16.3. The molecule has 1 aliphatic heterocycles. The second kappa shape index (κ2) is 7.62. The number of halogens is 2. The highest BCUT2D eigenvalue weighted by Crippen LogP contribution is 2.29. The van der Waals surface area contributed by atoms with E-state index in [0.29, 0.717) is 11.1 Å². The minimum Gasteiger partial charge on any atom is -0.348 e. The van der Waals surface area contributed by atoms with Crippen LogP contribution in [0.25, 0.3) is 0 Å². The number of benzene rings is 2. The molecule has 1 fully saturated rings. The quantitative estimate of drug-likeness (QED) is 0.757. The van der Waals surface area contributed by atoms with E-state index < -0.39 is 47.6 Å². The highest BCUT2D eigenvalue weighted by Gasteiger charge is 2.49. The maximum atomic E-state index is 13.4. The van der Waals surface area contributed by atoms with E-state index in [0.717, 1.165) is 22.6 Å². The number of nitrogens with one attached hydrogen (secondary N) is 2. The Kier molecular flexibility index (Phi) is 5.37. The van der Waals surface area contributed by atoms with Crippen molar-refractivity contribution in [2.75, 3.05) is 6.54 Å². The number of carbonyl (C=O) groups excluding carboxylic acids is 3. The van der Waals surface area contributed by atoms with Gasteiger partial charge in [0, 0.05) is 0 Å². The third kappa shape index (κ3) is 3.96. The van der Waals surface area contributed by atoms with Crippen molar-refractivity contribution in [3.05, 3.63) is 70.8 Å². The Morgan fingerprint density at radius 2 is 1.79 bits per heavy atom. The average Bonchev–Trinajstić information content (AvgIpc) is 2.88. The molecule has 0 saturated carbocycles. The molecule has 8 heteroatoms. The van der Waals surface area contributed by atoms with Gasteiger partial charge in [0.25, 0.3) is 5.91 Å². The Hall–Kier alpha value is -3.29. The molecule has 3 rings (SSSR count). The highest BCUT2D eigenvalue weighted by molar-refractivity contribution is 6.09. The monoisotopic (exact) mass is 401 g/mol. The summed E-state index contributed by atoms with van der Waals surface area (Å²) in [5.41, 5.74) is 0.714. The number of carbonyl (C=O) groups is 3. The molecule has 2 N–H and O–H groups in total. The second-order valence-electron chi connectivity index (χ2n) is 7.28. The predicted octanol–water partition coefficient (Wildman–Crippen LogP) is 2.92. The number of aryl methyl sites for hydroxylation is 1. The molecule has 2 aromatic rings. The number of hydrogen-bond donors (Lipinski definition) is 2. The molecule has 4 amide bonds. The average molecular weight is 401 g/mol. The van der Waals surface area contributed by atoms with E-state index in [4.69, 9.17) is 0 Å². The minimum atomic E-state index is -1.27. The van der Waals surface area contributed by atoms with Crippen LogP contribution in [0.5, 0.6) is 0 Å². The van der Waals surface area contributed by atoms with Crippen molar-refractivity contribution in [1.29, 1.82) is 0 Å². The van der Waals surface area contributed by atoms with Gasteiger partial charge in [-0.15, -0.1) is 0 Å². The van der Waals surface area contributed by atoms with Gasteiger partial charge in [-0.2, -0.15) is 0 Å². The Labute approximate surface area is 166 Å². The normalized spacial score (nSPS) is 19.8. The van der Waals surface area contributed by atoms with Crippen LogP contribution in [-0.4, -0.2) is 29.3 Å². The van der Waals surface area contributed by atoms with Gasteiger partial charge in [-0.25, -0.2) is 13.6 Å². The Bertz CT molecular complexity index is 978. The van der Waals surface area contributed by atoms with Gasteiger partial charge in [0.05, 0.1) is 6.04 Å². The third-order valence-electron chi connectivity index (χ3n) is 5.03. The van der Waals surface area contributed by atoms with Crippen molar-refractivity contribution in [3.63, 3.8) is 0 Å². The molecule has 0 aromatic heterocycles. The van der Waals surface area contributed by atoms with E-state index in [-0.39, 0.29) is 0 Å². The maximum absolute atomic E-state index is 13.4. The summed E-state index contributed by atoms with van der Waals surface area (Å²) in [5.74, 6) is -3.14. The molecule has 0 aliphatic carbocycles. The van der Waals surface area contributed by atoms with Gasteiger partial charge in [-0.1, -0.05) is 35.9 Å². The summed E-state index contributed by atoms with van der Waals surface area (Å²) < 4.78 is 26.5. The fourth-order valence-electron chi connectivity index (χ4n) is 3.22. The number of rotatable bonds is 5. The standard InChI is InChI=1S/C21H21F2N3O3/c1-12-4-7-15(8-5-12)21(3)19(28)26(20(29)25-21)11-18(27)24-13(2)14-6-9-16(22)17(23)10-14/h4-10,13H,11H2,1-3H3,(H,24,27)(H,25,29). The molecule has 2 aromatic carbocycles. The lowest BCUT2D eigenvalue weighted by molar-refractivity contribution is -0.135. The van der Waals surface area contributed by atoms with E-state index in [2.05, 4.69) is 10.6 Å². The molecule has 6 nitrogen and oxygen atoms in total. The SMILES string of the molecule is Cc1ccc(C2(C)NC(=O)N(CC(=O)NC(C)c3ccc(F)c(F)c3)C2=O)cc1. The van der Waals surface area contributed by atoms with E-state index in [9.17, 15) is 23.2 Å². The molecule has 0 bridgehead atoms. The summed E-state index contributed by atoms with van der Waals surface area (Å²) in [6, 6.07) is 9.17. The van der Waals surface area contributed by atoms with Crippen LogP contribution in [0.2, 0.25) is 0 Å². The van der Waals surface area contributed by atoms with Crippen LogP contribution in [0.1, 0.15) is 36.6 Å². The molecule has 1 heterocycles. The lowest BCUT2D eigenvalue weighted by Crippen LogP contribution is -2.43. The van der Waals surface area contributed by atoms with Gasteiger partial charge < -0.3 is 10.6 Å². The first-order valence-electron chi connectivity index (χ1n) is 9.07. The summed E-state index contributed by atoms with van der Waals surface area (Å²) >= 11 is 0. The van der Waals surface area contributed by atoms with E-state index in [1.54, 1.807) is 26.0 Å². The Morgan fingerprint density at radius 1 is 1.14 bits per heavy atom. The zero-order valence-corrected chi connectivity index (χ0v) is 16.3. The molecule has 1 saturated heterocycles. The van der Waals surface area contributed by atoms with Crippen LogP contribution >= 0.6 is 0 Å². The van der Waals surface area contributed by atoms with E-state index >= 15 is 0 Å². The first-order chi connectivity index (χ1) is 13.6. The molecular formula is C21H21F2N3O3. The molecule has 2 atom stereocenters. The van der Waals surface area contributed by atoms with Gasteiger partial charge in [0.1, 0.15) is 12.1 Å². The third-order valence-corrected chi connectivity index (χ3v) is 5.03. The lowest BCUT2D eigenvalue weighted by atomic mass is 9.91. The number of amides is 4. The first-order valence-corrected chi connectivity index (χ1v) is 9.07. The smallest absolute Gasteiger partial charge is 0.325 e. The fraction of sp³-hybridized carbons (Fsp3) is 0.286. The van der Waals surface area contributed by atoms with Crippen LogP contribution < -0.4 is 10.6 Å². The van der Waals surface area contributed by atoms with Crippen LogP contribution in [0, 0.1) is 18.6 Å². The topological polar surface area (TPSA) is 78.5 Å². The van der Waals surface area contributed by atoms with E-state index in [1.165, 1.54) is 6.07 Å². The van der Waals surface area contributed by atoms with Crippen molar-refractivity contribution < 1.29 is 23.2 Å². The van der Waals surface area contributed by atoms with Gasteiger partial charge in [0.15, 0.2) is 11.6 Å². The van der Waals surface area contributed by atoms with Crippen LogP contribution in [0.3, 0.4) is 0 Å². The lowest BCUT2D eigenvalue weighted by Gasteiger charge is -2.22. The fourth-order valence-corrected chi connectivity index (χ4v) is 3.22. The van der Waals surface area contributed by atoms with Crippen LogP contribution in [-0.2, 0) is 15.1 Å². The molecule has 29 heavy (non-hydrogen) atoms. The molecule has 152 valence electrons. The van der Waals surface area contributed by atoms with Gasteiger partial charge >= 0.3 is 6.03 Å². The predicted molar refractivity (Wildman–Crippen MR) is 102 cm³/mol. The van der Waals surface area contributed by atoms with Gasteiger partial charge in [-0.05, 0) is 44.0 Å². The summed E-state index contributed by atoms with van der Waals surface area (Å²) in [4.78, 5) is 38.4. The molecular weight excluding hydrogens is 380 g/mol. The van der Waals surface area contributed by atoms with E-state index in [1.807, 2.05) is 19.1 Å². The number of urea groups is 1. The van der Waals surface area contributed by atoms with Gasteiger partial charge in [-0.3, -0.25) is 14.5 Å². The van der Waals surface area contributed by atoms with Crippen LogP contribution in [0.4, 0.5) is 13.6 Å². The molecule has 1 aliphatic rings. The van der Waals surface area contributed by atoms with Crippen molar-refractivity contribution in [2.45, 2.75) is 32.4 Å². The van der Waals surface area contributed by atoms with Crippen molar-refractivity contribution in [1.82, 2.24) is 15.5 Å². The summed E-state index contributed by atoms with van der Waals surface area (Å²) in [6.07, 6.45) is 0. The maximum Gasteiger partial charge on any atom is 0.325 e. The summed E-state index contributed by atoms with van der Waals surface area (Å²) in [6.45, 7) is 4.60. The van der Waals surface area contributed by atoms with Crippen molar-refractivity contribution >= 4 is 17.8 Å². The number of hydrogen-bond acceptors (Lipinski definition) is 3. The van der Waals surface area contributed by atoms with Crippen molar-refractivity contribution in [2.24, 2.45) is 0 Å². The highest BCUT2D eigenvalue weighted by atomic mass is 19.2. The Morgan fingerprint density at radius 3 is 2.41 bits per heavy atom. The first kappa shape index (κ1) is 20.4. The molecule has 2 unspecified atom stereocenters. The largest absolute Gasteiger partial charge is 0.348 e. The van der Waals surface area contributed by atoms with Crippen LogP contribution in [0.15, 0.2) is 42.5 Å². The number of imide groups is 1. The Balaban J connectivity index is 1.70. The second-order valence-corrected chi connectivity index (χ2v) is 7.28. The molecule has 0 spiro atoms. The zero-order chi connectivity index (χ0) is 21.3. The van der Waals surface area contributed by atoms with Crippen molar-refractivity contribution in [3.8, 4) is 0 Å². The number of nitrogens with zero attached hydrogens (tertiary/aromatic N) is 1. The minimum absolute atomic E-state index is 0.360. The molecule has 0 radical (unpaired) electrons.